The van der Waals surface area contributed by atoms with Crippen LogP contribution in [0.25, 0.3) is 0 Å². The number of halogens is 3. The minimum Gasteiger partial charge on any atom is -0.384 e. The molecule has 1 aromatic rings. The Morgan fingerprint density at radius 3 is 2.60 bits per heavy atom. The first-order valence-corrected chi connectivity index (χ1v) is 5.16. The van der Waals surface area contributed by atoms with Gasteiger partial charge in [-0.3, -0.25) is 0 Å². The summed E-state index contributed by atoms with van der Waals surface area (Å²) >= 11 is 0.953. The fourth-order valence-electron chi connectivity index (χ4n) is 0.887. The summed E-state index contributed by atoms with van der Waals surface area (Å²) in [5.74, 6) is 0.184. The fraction of sp³-hybridized carbons (Fsp3) is 0.500. The molecule has 0 spiro atoms. The number of thioether (sulfide) groups is 1. The molecule has 0 aromatic carbocycles. The van der Waals surface area contributed by atoms with Crippen molar-refractivity contribution < 1.29 is 13.2 Å². The molecule has 0 saturated carbocycles. The number of nitrogens with zero attached hydrogens (tertiary/aromatic N) is 2. The van der Waals surface area contributed by atoms with Crippen LogP contribution in [0.4, 0.5) is 19.0 Å². The van der Waals surface area contributed by atoms with E-state index in [-0.39, 0.29) is 16.7 Å². The van der Waals surface area contributed by atoms with Gasteiger partial charge in [-0.15, -0.1) is 0 Å². The molecule has 0 aliphatic rings. The van der Waals surface area contributed by atoms with Gasteiger partial charge in [0.2, 0.25) is 0 Å². The molecule has 0 bridgehead atoms. The molecule has 1 aromatic heterocycles. The predicted octanol–water partition coefficient (Wildman–Crippen LogP) is 2.41. The first-order chi connectivity index (χ1) is 6.87. The van der Waals surface area contributed by atoms with Crippen molar-refractivity contribution in [2.45, 2.75) is 24.7 Å². The Morgan fingerprint density at radius 2 is 2.07 bits per heavy atom. The van der Waals surface area contributed by atoms with Crippen LogP contribution in [-0.4, -0.2) is 21.9 Å². The minimum absolute atomic E-state index is 0.0909. The monoisotopic (exact) mass is 237 g/mol. The summed E-state index contributed by atoms with van der Waals surface area (Å²) < 4.78 is 35.5. The van der Waals surface area contributed by atoms with Crippen LogP contribution >= 0.6 is 11.8 Å². The van der Waals surface area contributed by atoms with Crippen LogP contribution in [0, 0.1) is 6.92 Å². The molecule has 2 N–H and O–H groups in total. The van der Waals surface area contributed by atoms with E-state index in [0.717, 1.165) is 11.8 Å². The molecule has 0 unspecified atom stereocenters. The van der Waals surface area contributed by atoms with Gasteiger partial charge in [-0.25, -0.2) is 9.97 Å². The number of hydrogen-bond donors (Lipinski definition) is 1. The first kappa shape index (κ1) is 12.1. The number of alkyl halides is 3. The second kappa shape index (κ2) is 4.69. The maximum Gasteiger partial charge on any atom is 0.389 e. The Kier molecular flexibility index (Phi) is 3.78. The van der Waals surface area contributed by atoms with Crippen LogP contribution in [0.2, 0.25) is 0 Å². The number of anilines is 1. The van der Waals surface area contributed by atoms with Crippen molar-refractivity contribution in [2.24, 2.45) is 0 Å². The van der Waals surface area contributed by atoms with Crippen LogP contribution in [0.3, 0.4) is 0 Å². The smallest absolute Gasteiger partial charge is 0.384 e. The highest BCUT2D eigenvalue weighted by Crippen LogP contribution is 2.24. The highest BCUT2D eigenvalue weighted by molar-refractivity contribution is 7.99. The maximum atomic E-state index is 11.8. The lowest BCUT2D eigenvalue weighted by Crippen LogP contribution is -2.08. The van der Waals surface area contributed by atoms with Crippen LogP contribution in [-0.2, 0) is 0 Å². The van der Waals surface area contributed by atoms with E-state index in [2.05, 4.69) is 9.97 Å². The van der Waals surface area contributed by atoms with E-state index in [0.29, 0.717) is 5.69 Å². The maximum absolute atomic E-state index is 11.8. The topological polar surface area (TPSA) is 51.8 Å². The molecular formula is C8H10F3N3S. The molecule has 0 aliphatic carbocycles. The minimum atomic E-state index is -4.14. The molecule has 7 heteroatoms. The van der Waals surface area contributed by atoms with Crippen LogP contribution < -0.4 is 5.73 Å². The SMILES string of the molecule is Cc1cc(N)nc(SCCC(F)(F)F)n1. The van der Waals surface area contributed by atoms with E-state index in [1.54, 1.807) is 13.0 Å². The standard InChI is InChI=1S/C8H10F3N3S/c1-5-4-6(12)14-7(13-5)15-3-2-8(9,10)11/h4H,2-3H2,1H3,(H2,12,13,14). The highest BCUT2D eigenvalue weighted by atomic mass is 32.2. The van der Waals surface area contributed by atoms with E-state index in [1.807, 2.05) is 0 Å². The van der Waals surface area contributed by atoms with Gasteiger partial charge >= 0.3 is 6.18 Å². The molecule has 84 valence electrons. The molecule has 1 heterocycles. The zero-order valence-corrected chi connectivity index (χ0v) is 8.82. The third-order valence-electron chi connectivity index (χ3n) is 1.47. The van der Waals surface area contributed by atoms with Crippen molar-refractivity contribution in [3.8, 4) is 0 Å². The van der Waals surface area contributed by atoms with Crippen LogP contribution in [0.15, 0.2) is 11.2 Å². The summed E-state index contributed by atoms with van der Waals surface area (Å²) in [7, 11) is 0. The molecule has 15 heavy (non-hydrogen) atoms. The molecule has 3 nitrogen and oxygen atoms in total. The van der Waals surface area contributed by atoms with Crippen LogP contribution in [0.5, 0.6) is 0 Å². The quantitative estimate of drug-likeness (QED) is 0.648. The summed E-state index contributed by atoms with van der Waals surface area (Å²) in [6, 6.07) is 1.56. The van der Waals surface area contributed by atoms with Gasteiger partial charge < -0.3 is 5.73 Å². The summed E-state index contributed by atoms with van der Waals surface area (Å²) in [5, 5.41) is 0.289. The predicted molar refractivity (Wildman–Crippen MR) is 52.6 cm³/mol. The number of nitrogen functional groups attached to an aromatic ring is 1. The van der Waals surface area contributed by atoms with E-state index in [4.69, 9.17) is 5.73 Å². The van der Waals surface area contributed by atoms with E-state index in [9.17, 15) is 13.2 Å². The van der Waals surface area contributed by atoms with Gasteiger partial charge in [-0.2, -0.15) is 13.2 Å². The third kappa shape index (κ3) is 4.87. The van der Waals surface area contributed by atoms with Crippen molar-refractivity contribution in [2.75, 3.05) is 11.5 Å². The van der Waals surface area contributed by atoms with E-state index in [1.165, 1.54) is 0 Å². The van der Waals surface area contributed by atoms with Gasteiger partial charge in [0.05, 0.1) is 6.42 Å². The second-order valence-corrected chi connectivity index (χ2v) is 3.99. The number of nitrogens with two attached hydrogens (primary N) is 1. The Hall–Kier alpha value is -0.980. The van der Waals surface area contributed by atoms with Crippen molar-refractivity contribution in [3.05, 3.63) is 11.8 Å². The summed E-state index contributed by atoms with van der Waals surface area (Å²) in [6.07, 6.45) is -4.99. The highest BCUT2D eigenvalue weighted by Gasteiger charge is 2.26. The molecule has 0 aliphatic heterocycles. The molecule has 0 atom stereocenters. The lowest BCUT2D eigenvalue weighted by molar-refractivity contribution is -0.129. The summed E-state index contributed by atoms with van der Waals surface area (Å²) in [5.41, 5.74) is 6.08. The Bertz CT molecular complexity index is 320. The van der Waals surface area contributed by atoms with Crippen molar-refractivity contribution in [1.82, 2.24) is 9.97 Å². The lowest BCUT2D eigenvalue weighted by atomic mass is 10.4. The van der Waals surface area contributed by atoms with Crippen LogP contribution in [0.1, 0.15) is 12.1 Å². The van der Waals surface area contributed by atoms with Gasteiger partial charge in [0.1, 0.15) is 5.82 Å². The number of aryl methyl sites for hydroxylation is 1. The first-order valence-electron chi connectivity index (χ1n) is 4.17. The largest absolute Gasteiger partial charge is 0.389 e. The van der Waals surface area contributed by atoms with Crippen molar-refractivity contribution in [1.29, 1.82) is 0 Å². The molecular weight excluding hydrogens is 227 g/mol. The van der Waals surface area contributed by atoms with Crippen molar-refractivity contribution >= 4 is 17.6 Å². The second-order valence-electron chi connectivity index (χ2n) is 2.93. The average molecular weight is 237 g/mol. The average Bonchev–Trinajstić information content (AvgIpc) is 1.99. The normalized spacial score (nSPS) is 11.7. The number of aromatic nitrogens is 2. The number of hydrogen-bond acceptors (Lipinski definition) is 4. The third-order valence-corrected chi connectivity index (χ3v) is 2.32. The zero-order chi connectivity index (χ0) is 11.5. The summed E-state index contributed by atoms with van der Waals surface area (Å²) in [4.78, 5) is 7.77. The Labute approximate surface area is 89.3 Å². The van der Waals surface area contributed by atoms with E-state index < -0.39 is 12.6 Å². The molecule has 0 amide bonds. The molecule has 1 rings (SSSR count). The molecule has 0 radical (unpaired) electrons. The van der Waals surface area contributed by atoms with Gasteiger partial charge in [0, 0.05) is 17.5 Å². The Morgan fingerprint density at radius 1 is 1.40 bits per heavy atom. The zero-order valence-electron chi connectivity index (χ0n) is 8.01. The van der Waals surface area contributed by atoms with Gasteiger partial charge in [0.25, 0.3) is 0 Å². The Balaban J connectivity index is 2.51. The number of rotatable bonds is 3. The lowest BCUT2D eigenvalue weighted by Gasteiger charge is -2.05. The van der Waals surface area contributed by atoms with Gasteiger partial charge in [-0.1, -0.05) is 11.8 Å². The van der Waals surface area contributed by atoms with Crippen molar-refractivity contribution in [3.63, 3.8) is 0 Å². The molecule has 0 fully saturated rings. The molecule has 0 saturated heterocycles. The van der Waals surface area contributed by atoms with E-state index >= 15 is 0 Å². The fourth-order valence-corrected chi connectivity index (χ4v) is 1.78. The van der Waals surface area contributed by atoms with Gasteiger partial charge in [-0.05, 0) is 6.92 Å². The van der Waals surface area contributed by atoms with Gasteiger partial charge in [0.15, 0.2) is 5.16 Å². The summed E-state index contributed by atoms with van der Waals surface area (Å²) in [6.45, 7) is 1.71.